The van der Waals surface area contributed by atoms with Gasteiger partial charge in [-0.15, -0.1) is 0 Å². The van der Waals surface area contributed by atoms with Crippen LogP contribution in [0.2, 0.25) is 0 Å². The first-order valence-electron chi connectivity index (χ1n) is 14.4. The number of nitrogens with one attached hydrogen (secondary N) is 1. The Balaban J connectivity index is 0.000000242. The first kappa shape index (κ1) is 32.5. The lowest BCUT2D eigenvalue weighted by atomic mass is 10.1. The van der Waals surface area contributed by atoms with Crippen LogP contribution >= 0.6 is 0 Å². The van der Waals surface area contributed by atoms with E-state index in [0.717, 1.165) is 32.5 Å². The third kappa shape index (κ3) is 8.59. The molecule has 0 spiro atoms. The van der Waals surface area contributed by atoms with Gasteiger partial charge in [0.05, 0.1) is 54.1 Å². The van der Waals surface area contributed by atoms with Crippen molar-refractivity contribution in [3.05, 3.63) is 92.3 Å². The summed E-state index contributed by atoms with van der Waals surface area (Å²) in [5, 5.41) is 2.94. The standard InChI is InChI=1S/C21H27N5O3.C11H7N3O2/c1-21(2,3)29-20(28)24-15-7-9-25(10-8-15)11-12-26-18-13-16(22-4)5-6-17(18)23-14-19(26)27;1-12-8-2-3-9-10(6-8)14(4-5-15)11(16)7-13-9/h5-6,13-15H,7-12H2,1-3H3,(H,24,28);2-3,5-7H,4H2. The minimum absolute atomic E-state index is 0.0285. The van der Waals surface area contributed by atoms with E-state index in [4.69, 9.17) is 17.9 Å². The van der Waals surface area contributed by atoms with E-state index in [1.165, 1.54) is 17.0 Å². The number of aldehydes is 1. The van der Waals surface area contributed by atoms with Crippen LogP contribution in [0.5, 0.6) is 0 Å². The zero-order chi connectivity index (χ0) is 32.6. The van der Waals surface area contributed by atoms with E-state index < -0.39 is 5.60 Å². The molecule has 13 nitrogen and oxygen atoms in total. The average Bonchev–Trinajstić information content (AvgIpc) is 3.01. The fourth-order valence-corrected chi connectivity index (χ4v) is 4.95. The van der Waals surface area contributed by atoms with Crippen LogP contribution in [0.1, 0.15) is 33.6 Å². The molecule has 0 radical (unpaired) electrons. The average molecular weight is 611 g/mol. The van der Waals surface area contributed by atoms with E-state index in [1.807, 2.05) is 20.8 Å². The minimum Gasteiger partial charge on any atom is -0.444 e. The van der Waals surface area contributed by atoms with Gasteiger partial charge < -0.3 is 24.3 Å². The van der Waals surface area contributed by atoms with Crippen molar-refractivity contribution in [1.29, 1.82) is 0 Å². The monoisotopic (exact) mass is 610 g/mol. The Labute approximate surface area is 259 Å². The van der Waals surface area contributed by atoms with Crippen molar-refractivity contribution < 1.29 is 14.3 Å². The van der Waals surface area contributed by atoms with Crippen LogP contribution in [0.4, 0.5) is 16.2 Å². The third-order valence-corrected chi connectivity index (χ3v) is 7.12. The van der Waals surface area contributed by atoms with E-state index >= 15 is 0 Å². The van der Waals surface area contributed by atoms with Gasteiger partial charge in [-0.3, -0.25) is 14.2 Å². The molecule has 0 bridgehead atoms. The Morgan fingerprint density at radius 3 is 1.98 bits per heavy atom. The predicted octanol–water partition coefficient (Wildman–Crippen LogP) is 4.08. The second-order valence-electron chi connectivity index (χ2n) is 11.5. The number of fused-ring (bicyclic) bond motifs is 2. The molecule has 0 atom stereocenters. The second-order valence-corrected chi connectivity index (χ2v) is 11.5. The molecule has 1 saturated heterocycles. The van der Waals surface area contributed by atoms with Gasteiger partial charge in [-0.1, -0.05) is 12.1 Å². The summed E-state index contributed by atoms with van der Waals surface area (Å²) in [6.45, 7) is 22.5. The van der Waals surface area contributed by atoms with Crippen molar-refractivity contribution in [2.24, 2.45) is 0 Å². The van der Waals surface area contributed by atoms with Crippen molar-refractivity contribution in [3.63, 3.8) is 0 Å². The number of piperidine rings is 1. The molecule has 0 unspecified atom stereocenters. The Kier molecular flexibility index (Phi) is 10.4. The molecular formula is C32H34N8O5. The van der Waals surface area contributed by atoms with Gasteiger partial charge in [0.1, 0.15) is 11.9 Å². The molecule has 2 aromatic heterocycles. The molecule has 1 amide bonds. The van der Waals surface area contributed by atoms with E-state index in [2.05, 4.69) is 29.9 Å². The van der Waals surface area contributed by atoms with Gasteiger partial charge in [0.2, 0.25) is 0 Å². The first-order valence-corrected chi connectivity index (χ1v) is 14.4. The summed E-state index contributed by atoms with van der Waals surface area (Å²) in [7, 11) is 0. The Morgan fingerprint density at radius 1 is 0.933 bits per heavy atom. The van der Waals surface area contributed by atoms with E-state index in [-0.39, 0.29) is 29.8 Å². The maximum Gasteiger partial charge on any atom is 0.407 e. The number of nitrogens with zero attached hydrogens (tertiary/aromatic N) is 7. The third-order valence-electron chi connectivity index (χ3n) is 7.12. The smallest absolute Gasteiger partial charge is 0.407 e. The summed E-state index contributed by atoms with van der Waals surface area (Å²) in [6, 6.07) is 10.1. The van der Waals surface area contributed by atoms with Gasteiger partial charge in [0.25, 0.3) is 11.1 Å². The molecule has 1 aliphatic heterocycles. The summed E-state index contributed by atoms with van der Waals surface area (Å²) in [6.07, 6.45) is 4.45. The van der Waals surface area contributed by atoms with Gasteiger partial charge in [-0.05, 0) is 57.9 Å². The molecule has 1 N–H and O–H groups in total. The normalized spacial score (nSPS) is 13.7. The first-order chi connectivity index (χ1) is 21.5. The SMILES string of the molecule is [C-]#[N+]c1ccc2ncc(=O)n(CC=O)c2c1.[C-]#[N+]c1ccc2ncc(=O)n(CCN3CCC(NC(=O)OC(C)(C)C)CC3)c2c1. The number of rotatable bonds is 6. The van der Waals surface area contributed by atoms with Crippen LogP contribution in [0.25, 0.3) is 31.8 Å². The summed E-state index contributed by atoms with van der Waals surface area (Å²) >= 11 is 0. The quantitative estimate of drug-likeness (QED) is 0.255. The molecule has 3 heterocycles. The maximum absolute atomic E-state index is 12.3. The molecule has 45 heavy (non-hydrogen) atoms. The molecule has 1 aliphatic rings. The highest BCUT2D eigenvalue weighted by Gasteiger charge is 2.23. The van der Waals surface area contributed by atoms with E-state index in [9.17, 15) is 19.2 Å². The maximum atomic E-state index is 12.3. The van der Waals surface area contributed by atoms with Gasteiger partial charge in [0.15, 0.2) is 11.4 Å². The summed E-state index contributed by atoms with van der Waals surface area (Å²) in [5.74, 6) is 0. The lowest BCUT2D eigenvalue weighted by Gasteiger charge is -2.33. The number of likely N-dealkylation sites (tertiary alicyclic amines) is 1. The van der Waals surface area contributed by atoms with Crippen LogP contribution in [0.3, 0.4) is 0 Å². The lowest BCUT2D eigenvalue weighted by Crippen LogP contribution is -2.46. The summed E-state index contributed by atoms with van der Waals surface area (Å²) in [4.78, 5) is 63.3. The van der Waals surface area contributed by atoms with Crippen molar-refractivity contribution in [2.45, 2.75) is 58.3 Å². The molecule has 2 aromatic carbocycles. The Bertz CT molecular complexity index is 1900. The Hall–Kier alpha value is -5.40. The predicted molar refractivity (Wildman–Crippen MR) is 169 cm³/mol. The molecule has 0 aliphatic carbocycles. The molecule has 232 valence electrons. The van der Waals surface area contributed by atoms with Gasteiger partial charge in [-0.2, -0.15) is 0 Å². The van der Waals surface area contributed by atoms with Crippen molar-refractivity contribution >= 4 is 45.8 Å². The largest absolute Gasteiger partial charge is 0.444 e. The van der Waals surface area contributed by atoms with Crippen molar-refractivity contribution in [1.82, 2.24) is 29.3 Å². The number of alkyl carbamates (subject to hydrolysis) is 1. The fourth-order valence-electron chi connectivity index (χ4n) is 4.95. The number of hydrogen-bond donors (Lipinski definition) is 1. The number of carbonyl (C=O) groups is 2. The molecule has 13 heteroatoms. The van der Waals surface area contributed by atoms with Gasteiger partial charge >= 0.3 is 6.09 Å². The zero-order valence-corrected chi connectivity index (χ0v) is 25.4. The molecule has 4 aromatic rings. The number of amides is 1. The van der Waals surface area contributed by atoms with Crippen molar-refractivity contribution in [3.8, 4) is 0 Å². The number of aromatic nitrogens is 4. The zero-order valence-electron chi connectivity index (χ0n) is 25.4. The van der Waals surface area contributed by atoms with Crippen LogP contribution in [0.15, 0.2) is 58.4 Å². The van der Waals surface area contributed by atoms with Gasteiger partial charge in [-0.25, -0.2) is 24.5 Å². The highest BCUT2D eigenvalue weighted by Crippen LogP contribution is 2.20. The highest BCUT2D eigenvalue weighted by molar-refractivity contribution is 5.80. The van der Waals surface area contributed by atoms with Gasteiger partial charge in [0, 0.05) is 32.2 Å². The summed E-state index contributed by atoms with van der Waals surface area (Å²) in [5.41, 5.74) is 2.39. The molecular weight excluding hydrogens is 576 g/mol. The second kappa shape index (κ2) is 14.4. The van der Waals surface area contributed by atoms with Crippen molar-refractivity contribution in [2.75, 3.05) is 19.6 Å². The molecule has 5 rings (SSSR count). The molecule has 1 fully saturated rings. The fraction of sp³-hybridized carbons (Fsp3) is 0.375. The van der Waals surface area contributed by atoms with Crippen LogP contribution < -0.4 is 16.4 Å². The van der Waals surface area contributed by atoms with E-state index in [0.29, 0.717) is 46.3 Å². The van der Waals surface area contributed by atoms with Crippen LogP contribution in [0, 0.1) is 13.1 Å². The lowest BCUT2D eigenvalue weighted by molar-refractivity contribution is -0.108. The Morgan fingerprint density at radius 2 is 1.47 bits per heavy atom. The molecule has 0 saturated carbocycles. The minimum atomic E-state index is -0.502. The number of carbonyl (C=O) groups excluding carboxylic acids is 2. The number of ether oxygens (including phenoxy) is 1. The topological polar surface area (TPSA) is 137 Å². The van der Waals surface area contributed by atoms with Crippen LogP contribution in [-0.4, -0.2) is 67.7 Å². The number of benzene rings is 2. The van der Waals surface area contributed by atoms with Crippen LogP contribution in [-0.2, 0) is 22.6 Å². The highest BCUT2D eigenvalue weighted by atomic mass is 16.6. The van der Waals surface area contributed by atoms with E-state index in [1.54, 1.807) is 41.0 Å². The number of hydrogen-bond acceptors (Lipinski definition) is 8. The summed E-state index contributed by atoms with van der Waals surface area (Å²) < 4.78 is 8.30.